The molecule has 0 fully saturated rings. The fraction of sp³-hybridized carbons (Fsp3) is 0.300. The first-order chi connectivity index (χ1) is 5.83. The zero-order valence-corrected chi connectivity index (χ0v) is 6.94. The fourth-order valence-corrected chi connectivity index (χ4v) is 1.12. The summed E-state index contributed by atoms with van der Waals surface area (Å²) >= 11 is 0. The summed E-state index contributed by atoms with van der Waals surface area (Å²) in [4.78, 5) is 10.1. The third kappa shape index (κ3) is 2.84. The molecule has 1 atom stereocenters. The van der Waals surface area contributed by atoms with E-state index in [9.17, 15) is 4.79 Å². The van der Waals surface area contributed by atoms with Gasteiger partial charge in [-0.25, -0.2) is 0 Å². The number of rotatable bonds is 4. The van der Waals surface area contributed by atoms with E-state index in [1.165, 1.54) is 5.56 Å². The van der Waals surface area contributed by atoms with Crippen LogP contribution in [0.25, 0.3) is 0 Å². The Balaban J connectivity index is 2.46. The van der Waals surface area contributed by atoms with E-state index >= 15 is 0 Å². The van der Waals surface area contributed by atoms with Crippen molar-refractivity contribution in [3.05, 3.63) is 35.9 Å². The van der Waals surface area contributed by atoms with Crippen LogP contribution in [-0.4, -0.2) is 12.3 Å². The monoisotopic (exact) mass is 163 g/mol. The molecule has 1 rings (SSSR count). The van der Waals surface area contributed by atoms with E-state index < -0.39 is 0 Å². The van der Waals surface area contributed by atoms with Gasteiger partial charge in [-0.15, -0.1) is 0 Å². The van der Waals surface area contributed by atoms with Crippen molar-refractivity contribution in [3.8, 4) is 0 Å². The second-order valence-corrected chi connectivity index (χ2v) is 2.85. The van der Waals surface area contributed by atoms with E-state index in [4.69, 9.17) is 5.73 Å². The number of hydrogen-bond donors (Lipinski definition) is 1. The molecule has 0 aliphatic rings. The highest BCUT2D eigenvalue weighted by Crippen LogP contribution is 2.02. The van der Waals surface area contributed by atoms with Crippen LogP contribution in [0.4, 0.5) is 0 Å². The van der Waals surface area contributed by atoms with Gasteiger partial charge in [0.05, 0.1) is 0 Å². The molecule has 12 heavy (non-hydrogen) atoms. The molecule has 0 aliphatic heterocycles. The van der Waals surface area contributed by atoms with Crippen molar-refractivity contribution in [1.82, 2.24) is 0 Å². The highest BCUT2D eigenvalue weighted by atomic mass is 16.1. The summed E-state index contributed by atoms with van der Waals surface area (Å²) in [6, 6.07) is 9.92. The minimum absolute atomic E-state index is 0.0371. The van der Waals surface area contributed by atoms with E-state index in [1.807, 2.05) is 30.3 Å². The molecule has 0 amide bonds. The Morgan fingerprint density at radius 3 is 2.58 bits per heavy atom. The molecular weight excluding hydrogens is 150 g/mol. The van der Waals surface area contributed by atoms with Crippen molar-refractivity contribution >= 4 is 6.29 Å². The molecule has 0 radical (unpaired) electrons. The minimum Gasteiger partial charge on any atom is -0.327 e. The molecular formula is C10H13NO. The number of hydrogen-bond acceptors (Lipinski definition) is 2. The van der Waals surface area contributed by atoms with Crippen LogP contribution in [0.5, 0.6) is 0 Å². The maximum Gasteiger partial charge on any atom is 0.121 e. The summed E-state index contributed by atoms with van der Waals surface area (Å²) in [5.74, 6) is 0. The summed E-state index contributed by atoms with van der Waals surface area (Å²) in [5.41, 5.74) is 6.87. The zero-order valence-electron chi connectivity index (χ0n) is 6.94. The van der Waals surface area contributed by atoms with Crippen LogP contribution < -0.4 is 5.73 Å². The molecule has 0 aliphatic carbocycles. The zero-order chi connectivity index (χ0) is 8.81. The predicted molar refractivity (Wildman–Crippen MR) is 48.8 cm³/mol. The molecule has 2 N–H and O–H groups in total. The van der Waals surface area contributed by atoms with Crippen LogP contribution in [0.1, 0.15) is 12.0 Å². The second kappa shape index (κ2) is 4.67. The SMILES string of the molecule is N[C@H](CC=O)Cc1ccccc1. The average Bonchev–Trinajstić information content (AvgIpc) is 2.06. The van der Waals surface area contributed by atoms with Crippen LogP contribution in [0.3, 0.4) is 0 Å². The fourth-order valence-electron chi connectivity index (χ4n) is 1.12. The molecule has 0 bridgehead atoms. The molecule has 0 heterocycles. The number of benzene rings is 1. The van der Waals surface area contributed by atoms with E-state index in [0.29, 0.717) is 6.42 Å². The largest absolute Gasteiger partial charge is 0.327 e. The maximum absolute atomic E-state index is 10.1. The number of aldehydes is 1. The second-order valence-electron chi connectivity index (χ2n) is 2.85. The van der Waals surface area contributed by atoms with Gasteiger partial charge in [0.2, 0.25) is 0 Å². The van der Waals surface area contributed by atoms with Crippen LogP contribution in [-0.2, 0) is 11.2 Å². The van der Waals surface area contributed by atoms with E-state index in [-0.39, 0.29) is 6.04 Å². The Hall–Kier alpha value is -1.15. The van der Waals surface area contributed by atoms with Crippen LogP contribution >= 0.6 is 0 Å². The summed E-state index contributed by atoms with van der Waals surface area (Å²) in [6.45, 7) is 0. The standard InChI is InChI=1S/C10H13NO/c11-10(6-7-12)8-9-4-2-1-3-5-9/h1-5,7,10H,6,8,11H2/t10-/m1/s1. The lowest BCUT2D eigenvalue weighted by Gasteiger charge is -2.06. The van der Waals surface area contributed by atoms with Crippen LogP contribution in [0.2, 0.25) is 0 Å². The van der Waals surface area contributed by atoms with Gasteiger partial charge < -0.3 is 10.5 Å². The molecule has 64 valence electrons. The number of nitrogens with two attached hydrogens (primary N) is 1. The third-order valence-corrected chi connectivity index (χ3v) is 1.74. The molecule has 1 aromatic carbocycles. The third-order valence-electron chi connectivity index (χ3n) is 1.74. The van der Waals surface area contributed by atoms with Gasteiger partial charge in [0.1, 0.15) is 6.29 Å². The van der Waals surface area contributed by atoms with Crippen molar-refractivity contribution in [2.24, 2.45) is 5.73 Å². The van der Waals surface area contributed by atoms with Gasteiger partial charge in [0.15, 0.2) is 0 Å². The van der Waals surface area contributed by atoms with Gasteiger partial charge in [-0.2, -0.15) is 0 Å². The number of carbonyl (C=O) groups is 1. The van der Waals surface area contributed by atoms with Crippen molar-refractivity contribution in [2.75, 3.05) is 0 Å². The summed E-state index contributed by atoms with van der Waals surface area (Å²) in [5, 5.41) is 0. The molecule has 1 aromatic rings. The first kappa shape index (κ1) is 8.94. The summed E-state index contributed by atoms with van der Waals surface area (Å²) < 4.78 is 0. The Morgan fingerprint density at radius 2 is 2.00 bits per heavy atom. The Morgan fingerprint density at radius 1 is 1.33 bits per heavy atom. The lowest BCUT2D eigenvalue weighted by Crippen LogP contribution is -2.22. The minimum atomic E-state index is -0.0371. The molecule has 0 spiro atoms. The highest BCUT2D eigenvalue weighted by molar-refractivity contribution is 5.50. The van der Waals surface area contributed by atoms with Crippen molar-refractivity contribution in [2.45, 2.75) is 18.9 Å². The van der Waals surface area contributed by atoms with E-state index in [0.717, 1.165) is 12.7 Å². The van der Waals surface area contributed by atoms with Crippen molar-refractivity contribution in [1.29, 1.82) is 0 Å². The molecule has 2 nitrogen and oxygen atoms in total. The van der Waals surface area contributed by atoms with Gasteiger partial charge in [0.25, 0.3) is 0 Å². The molecule has 2 heteroatoms. The predicted octanol–water partition coefficient (Wildman–Crippen LogP) is 1.15. The van der Waals surface area contributed by atoms with Gasteiger partial charge >= 0.3 is 0 Å². The van der Waals surface area contributed by atoms with Gasteiger partial charge in [-0.1, -0.05) is 30.3 Å². The van der Waals surface area contributed by atoms with Gasteiger partial charge in [0, 0.05) is 12.5 Å². The van der Waals surface area contributed by atoms with E-state index in [2.05, 4.69) is 0 Å². The van der Waals surface area contributed by atoms with E-state index in [1.54, 1.807) is 0 Å². The topological polar surface area (TPSA) is 43.1 Å². The molecule has 0 saturated carbocycles. The Labute approximate surface area is 72.4 Å². The summed E-state index contributed by atoms with van der Waals surface area (Å²) in [6.07, 6.45) is 2.09. The Bertz CT molecular complexity index is 233. The normalized spacial score (nSPS) is 12.4. The van der Waals surface area contributed by atoms with Crippen LogP contribution in [0, 0.1) is 0 Å². The lowest BCUT2D eigenvalue weighted by atomic mass is 10.1. The Kier molecular flexibility index (Phi) is 3.48. The molecule has 0 saturated heterocycles. The van der Waals surface area contributed by atoms with Crippen LogP contribution in [0.15, 0.2) is 30.3 Å². The van der Waals surface area contributed by atoms with Gasteiger partial charge in [-0.3, -0.25) is 0 Å². The molecule has 0 aromatic heterocycles. The molecule has 0 unspecified atom stereocenters. The lowest BCUT2D eigenvalue weighted by molar-refractivity contribution is -0.108. The van der Waals surface area contributed by atoms with Gasteiger partial charge in [-0.05, 0) is 12.0 Å². The average molecular weight is 163 g/mol. The summed E-state index contributed by atoms with van der Waals surface area (Å²) in [7, 11) is 0. The van der Waals surface area contributed by atoms with Crippen molar-refractivity contribution in [3.63, 3.8) is 0 Å². The first-order valence-electron chi connectivity index (χ1n) is 4.06. The first-order valence-corrected chi connectivity index (χ1v) is 4.06. The quantitative estimate of drug-likeness (QED) is 0.676. The number of carbonyl (C=O) groups excluding carboxylic acids is 1. The maximum atomic E-state index is 10.1. The highest BCUT2D eigenvalue weighted by Gasteiger charge is 2.01. The smallest absolute Gasteiger partial charge is 0.121 e. The van der Waals surface area contributed by atoms with Crippen molar-refractivity contribution < 1.29 is 4.79 Å².